The van der Waals surface area contributed by atoms with Crippen LogP contribution in [-0.4, -0.2) is 21.6 Å². The molecule has 0 bridgehead atoms. The van der Waals surface area contributed by atoms with Crippen LogP contribution in [0.15, 0.2) is 57.9 Å². The van der Waals surface area contributed by atoms with E-state index in [1.807, 2.05) is 24.3 Å². The lowest BCUT2D eigenvalue weighted by Gasteiger charge is -2.28. The Morgan fingerprint density at radius 3 is 2.00 bits per heavy atom. The second kappa shape index (κ2) is 9.32. The highest BCUT2D eigenvalue weighted by molar-refractivity contribution is 9.10. The van der Waals surface area contributed by atoms with Crippen LogP contribution in [0.4, 0.5) is 5.69 Å². The molecule has 2 aromatic rings. The van der Waals surface area contributed by atoms with Crippen LogP contribution < -0.4 is 10.5 Å². The standard InChI is InChI=1S/C17H22BrN2O5PS/c1-3-24-26(21,25-4-2)17(13-5-7-14(18)8-6-13)20-15-9-11-16(12-10-15)27(19,22)23/h5-12,17,20H,3-4H2,1-2H3,(H2,19,22,23). The van der Waals surface area contributed by atoms with Crippen molar-refractivity contribution in [3.8, 4) is 0 Å². The molecule has 10 heteroatoms. The van der Waals surface area contributed by atoms with Crippen LogP contribution in [0.3, 0.4) is 0 Å². The van der Waals surface area contributed by atoms with E-state index in [-0.39, 0.29) is 18.1 Å². The molecule has 0 aliphatic carbocycles. The van der Waals surface area contributed by atoms with Crippen molar-refractivity contribution >= 4 is 39.2 Å². The normalized spacial score (nSPS) is 13.3. The maximum Gasteiger partial charge on any atom is 0.357 e. The summed E-state index contributed by atoms with van der Waals surface area (Å²) in [5.41, 5.74) is 1.26. The van der Waals surface area contributed by atoms with Crippen molar-refractivity contribution in [2.75, 3.05) is 18.5 Å². The molecule has 27 heavy (non-hydrogen) atoms. The van der Waals surface area contributed by atoms with E-state index in [4.69, 9.17) is 14.2 Å². The Balaban J connectivity index is 2.43. The first-order valence-corrected chi connectivity index (χ1v) is 12.2. The van der Waals surface area contributed by atoms with Gasteiger partial charge in [0.1, 0.15) is 0 Å². The Kier molecular flexibility index (Phi) is 7.62. The Hall–Kier alpha value is -1.22. The van der Waals surface area contributed by atoms with Gasteiger partial charge >= 0.3 is 7.60 Å². The first-order chi connectivity index (χ1) is 12.7. The highest BCUT2D eigenvalue weighted by atomic mass is 79.9. The molecule has 0 heterocycles. The summed E-state index contributed by atoms with van der Waals surface area (Å²) in [6, 6.07) is 13.1. The lowest BCUT2D eigenvalue weighted by molar-refractivity contribution is 0.214. The summed E-state index contributed by atoms with van der Waals surface area (Å²) in [5, 5.41) is 8.26. The number of rotatable bonds is 9. The van der Waals surface area contributed by atoms with Crippen LogP contribution in [0, 0.1) is 0 Å². The van der Waals surface area contributed by atoms with Gasteiger partial charge < -0.3 is 14.4 Å². The summed E-state index contributed by atoms with van der Waals surface area (Å²) in [4.78, 5) is -0.00830. The minimum absolute atomic E-state index is 0.00830. The molecule has 2 rings (SSSR count). The van der Waals surface area contributed by atoms with Gasteiger partial charge in [-0.1, -0.05) is 28.1 Å². The molecule has 1 atom stereocenters. The van der Waals surface area contributed by atoms with Gasteiger partial charge in [0, 0.05) is 10.2 Å². The number of sulfonamides is 1. The molecular formula is C17H22BrN2O5PS. The molecule has 2 aromatic carbocycles. The lowest BCUT2D eigenvalue weighted by atomic mass is 10.2. The lowest BCUT2D eigenvalue weighted by Crippen LogP contribution is -2.16. The minimum Gasteiger partial charge on any atom is -0.368 e. The minimum atomic E-state index is -3.79. The third-order valence-electron chi connectivity index (χ3n) is 3.61. The van der Waals surface area contributed by atoms with Gasteiger partial charge in [0.15, 0.2) is 5.78 Å². The largest absolute Gasteiger partial charge is 0.368 e. The Bertz CT molecular complexity index is 894. The number of halogens is 1. The molecule has 0 fully saturated rings. The molecule has 3 N–H and O–H groups in total. The van der Waals surface area contributed by atoms with E-state index in [2.05, 4.69) is 21.2 Å². The first kappa shape index (κ1) is 22.1. The molecule has 148 valence electrons. The molecule has 1 unspecified atom stereocenters. The van der Waals surface area contributed by atoms with E-state index in [1.165, 1.54) is 12.1 Å². The molecule has 0 aromatic heterocycles. The van der Waals surface area contributed by atoms with E-state index < -0.39 is 23.4 Å². The monoisotopic (exact) mass is 476 g/mol. The van der Waals surface area contributed by atoms with E-state index in [1.54, 1.807) is 26.0 Å². The quantitative estimate of drug-likeness (QED) is 0.516. The first-order valence-electron chi connectivity index (χ1n) is 8.23. The number of nitrogens with two attached hydrogens (primary N) is 1. The number of hydrogen-bond donors (Lipinski definition) is 2. The molecule has 0 amide bonds. The number of hydrogen-bond acceptors (Lipinski definition) is 6. The van der Waals surface area contributed by atoms with Crippen molar-refractivity contribution in [2.24, 2.45) is 5.14 Å². The highest BCUT2D eigenvalue weighted by Crippen LogP contribution is 2.60. The van der Waals surface area contributed by atoms with Gasteiger partial charge in [0.2, 0.25) is 10.0 Å². The third kappa shape index (κ3) is 5.88. The van der Waals surface area contributed by atoms with Crippen LogP contribution in [0.2, 0.25) is 0 Å². The van der Waals surface area contributed by atoms with E-state index >= 15 is 0 Å². The van der Waals surface area contributed by atoms with E-state index in [0.29, 0.717) is 11.3 Å². The van der Waals surface area contributed by atoms with Gasteiger partial charge in [-0.25, -0.2) is 13.6 Å². The summed E-state index contributed by atoms with van der Waals surface area (Å²) < 4.78 is 48.1. The van der Waals surface area contributed by atoms with Crippen molar-refractivity contribution in [3.63, 3.8) is 0 Å². The molecule has 0 spiro atoms. The van der Waals surface area contributed by atoms with Crippen LogP contribution in [-0.2, 0) is 23.6 Å². The van der Waals surface area contributed by atoms with Gasteiger partial charge in [0.25, 0.3) is 0 Å². The summed E-state index contributed by atoms with van der Waals surface area (Å²) in [5.74, 6) is -0.772. The number of nitrogens with one attached hydrogen (secondary N) is 1. The molecule has 0 aliphatic heterocycles. The maximum absolute atomic E-state index is 13.4. The summed E-state index contributed by atoms with van der Waals surface area (Å²) in [6.45, 7) is 3.92. The second-order valence-electron chi connectivity index (χ2n) is 5.54. The zero-order chi connectivity index (χ0) is 20.1. The third-order valence-corrected chi connectivity index (χ3v) is 7.36. The molecule has 0 saturated carbocycles. The summed E-state index contributed by atoms with van der Waals surface area (Å²) >= 11 is 3.38. The van der Waals surface area contributed by atoms with Crippen molar-refractivity contribution in [2.45, 2.75) is 24.5 Å². The van der Waals surface area contributed by atoms with Crippen LogP contribution in [0.5, 0.6) is 0 Å². The molecule has 0 saturated heterocycles. The fourth-order valence-corrected chi connectivity index (χ4v) is 5.15. The van der Waals surface area contributed by atoms with Gasteiger partial charge in [-0.3, -0.25) is 4.57 Å². The summed E-state index contributed by atoms with van der Waals surface area (Å²) in [6.07, 6.45) is 0. The molecule has 7 nitrogen and oxygen atoms in total. The fourth-order valence-electron chi connectivity index (χ4n) is 2.43. The summed E-state index contributed by atoms with van der Waals surface area (Å²) in [7, 11) is -7.33. The average Bonchev–Trinajstić information content (AvgIpc) is 2.60. The topological polar surface area (TPSA) is 108 Å². The molecular weight excluding hydrogens is 455 g/mol. The zero-order valence-corrected chi connectivity index (χ0v) is 18.3. The van der Waals surface area contributed by atoms with Gasteiger partial charge in [-0.15, -0.1) is 0 Å². The number of anilines is 1. The Morgan fingerprint density at radius 2 is 1.56 bits per heavy atom. The van der Waals surface area contributed by atoms with Crippen LogP contribution >= 0.6 is 23.5 Å². The highest BCUT2D eigenvalue weighted by Gasteiger charge is 2.37. The van der Waals surface area contributed by atoms with Gasteiger partial charge in [0.05, 0.1) is 18.1 Å². The van der Waals surface area contributed by atoms with Crippen LogP contribution in [0.25, 0.3) is 0 Å². The SMILES string of the molecule is CCOP(=O)(OCC)C(Nc1ccc(S(N)(=O)=O)cc1)c1ccc(Br)cc1. The van der Waals surface area contributed by atoms with Crippen molar-refractivity contribution in [3.05, 3.63) is 58.6 Å². The van der Waals surface area contributed by atoms with Crippen molar-refractivity contribution < 1.29 is 22.0 Å². The predicted octanol–water partition coefficient (Wildman–Crippen LogP) is 4.47. The van der Waals surface area contributed by atoms with E-state index in [0.717, 1.165) is 4.47 Å². The number of primary sulfonamides is 1. The van der Waals surface area contributed by atoms with Gasteiger partial charge in [-0.2, -0.15) is 0 Å². The molecule has 0 radical (unpaired) electrons. The Morgan fingerprint density at radius 1 is 1.04 bits per heavy atom. The maximum atomic E-state index is 13.4. The van der Waals surface area contributed by atoms with Crippen LogP contribution in [0.1, 0.15) is 25.2 Å². The average molecular weight is 477 g/mol. The van der Waals surface area contributed by atoms with E-state index in [9.17, 15) is 13.0 Å². The predicted molar refractivity (Wildman–Crippen MR) is 109 cm³/mol. The second-order valence-corrected chi connectivity index (χ2v) is 10.1. The van der Waals surface area contributed by atoms with Gasteiger partial charge in [-0.05, 0) is 55.8 Å². The Labute approximate surface area is 168 Å². The van der Waals surface area contributed by atoms with Crippen molar-refractivity contribution in [1.82, 2.24) is 0 Å². The van der Waals surface area contributed by atoms with Crippen molar-refractivity contribution in [1.29, 1.82) is 0 Å². The fraction of sp³-hybridized carbons (Fsp3) is 0.294. The zero-order valence-electron chi connectivity index (χ0n) is 15.0. The molecule has 0 aliphatic rings. The smallest absolute Gasteiger partial charge is 0.357 e. The number of benzene rings is 2.